The quantitative estimate of drug-likeness (QED) is 0.585. The molecular formula is C25H27FN2. The first kappa shape index (κ1) is 18.9. The van der Waals surface area contributed by atoms with E-state index in [0.29, 0.717) is 6.54 Å². The van der Waals surface area contributed by atoms with E-state index in [4.69, 9.17) is 0 Å². The molecule has 0 N–H and O–H groups in total. The lowest BCUT2D eigenvalue weighted by atomic mass is 10.0. The molecule has 3 aromatic rings. The second kappa shape index (κ2) is 8.26. The first-order chi connectivity index (χ1) is 13.6. The maximum Gasteiger partial charge on any atom is 0.127 e. The molecular weight excluding hydrogens is 347 g/mol. The maximum atomic E-state index is 14.3. The summed E-state index contributed by atoms with van der Waals surface area (Å²) in [7, 11) is 0. The molecule has 0 aliphatic carbocycles. The maximum absolute atomic E-state index is 14.3. The van der Waals surface area contributed by atoms with Crippen LogP contribution in [0.15, 0.2) is 72.8 Å². The minimum Gasteiger partial charge on any atom is -0.278 e. The van der Waals surface area contributed by atoms with Crippen molar-refractivity contribution in [2.45, 2.75) is 33.1 Å². The van der Waals surface area contributed by atoms with E-state index in [0.717, 1.165) is 25.2 Å². The number of nitrogens with zero attached hydrogens (tertiary/aromatic N) is 2. The normalized spacial score (nSPS) is 17.9. The van der Waals surface area contributed by atoms with Crippen LogP contribution < -0.4 is 0 Å². The van der Waals surface area contributed by atoms with Crippen LogP contribution in [0.2, 0.25) is 0 Å². The fourth-order valence-corrected chi connectivity index (χ4v) is 4.19. The van der Waals surface area contributed by atoms with Gasteiger partial charge >= 0.3 is 0 Å². The van der Waals surface area contributed by atoms with E-state index < -0.39 is 0 Å². The van der Waals surface area contributed by atoms with Gasteiger partial charge in [-0.3, -0.25) is 9.80 Å². The molecule has 1 aliphatic rings. The van der Waals surface area contributed by atoms with Gasteiger partial charge in [-0.1, -0.05) is 66.7 Å². The van der Waals surface area contributed by atoms with Crippen molar-refractivity contribution >= 4 is 0 Å². The Morgan fingerprint density at radius 2 is 1.25 bits per heavy atom. The van der Waals surface area contributed by atoms with Crippen molar-refractivity contribution in [2.24, 2.45) is 0 Å². The van der Waals surface area contributed by atoms with Gasteiger partial charge in [-0.05, 0) is 42.2 Å². The highest BCUT2D eigenvalue weighted by Crippen LogP contribution is 2.34. The zero-order valence-corrected chi connectivity index (χ0v) is 16.6. The molecule has 1 unspecified atom stereocenters. The third kappa shape index (κ3) is 3.87. The van der Waals surface area contributed by atoms with Gasteiger partial charge in [-0.2, -0.15) is 0 Å². The summed E-state index contributed by atoms with van der Waals surface area (Å²) < 4.78 is 14.3. The molecule has 1 fully saturated rings. The average Bonchev–Trinajstić information content (AvgIpc) is 3.08. The molecule has 2 nitrogen and oxygen atoms in total. The van der Waals surface area contributed by atoms with Crippen LogP contribution in [0.5, 0.6) is 0 Å². The summed E-state index contributed by atoms with van der Waals surface area (Å²) in [6, 6.07) is 24.3. The van der Waals surface area contributed by atoms with Crippen LogP contribution in [0.25, 0.3) is 0 Å². The molecule has 3 aromatic carbocycles. The Bertz CT molecular complexity index is 897. The molecule has 0 saturated carbocycles. The molecule has 1 aliphatic heterocycles. The Hall–Kier alpha value is -2.49. The fourth-order valence-electron chi connectivity index (χ4n) is 4.19. The number of aryl methyl sites for hydroxylation is 2. The molecule has 0 bridgehead atoms. The summed E-state index contributed by atoms with van der Waals surface area (Å²) >= 11 is 0. The first-order valence-corrected chi connectivity index (χ1v) is 9.95. The summed E-state index contributed by atoms with van der Waals surface area (Å²) in [5, 5.41) is 0. The molecule has 0 aromatic heterocycles. The van der Waals surface area contributed by atoms with Crippen LogP contribution in [-0.2, 0) is 13.1 Å². The number of benzene rings is 3. The van der Waals surface area contributed by atoms with Gasteiger partial charge in [-0.15, -0.1) is 0 Å². The highest BCUT2D eigenvalue weighted by molar-refractivity contribution is 5.31. The van der Waals surface area contributed by atoms with Gasteiger partial charge in [0.25, 0.3) is 0 Å². The van der Waals surface area contributed by atoms with Gasteiger partial charge in [0.15, 0.2) is 0 Å². The highest BCUT2D eigenvalue weighted by Gasteiger charge is 2.34. The van der Waals surface area contributed by atoms with E-state index >= 15 is 0 Å². The Morgan fingerprint density at radius 1 is 0.714 bits per heavy atom. The Morgan fingerprint density at radius 3 is 1.89 bits per heavy atom. The van der Waals surface area contributed by atoms with Crippen LogP contribution in [0, 0.1) is 19.7 Å². The van der Waals surface area contributed by atoms with E-state index in [1.807, 2.05) is 12.1 Å². The number of hydrogen-bond acceptors (Lipinski definition) is 2. The van der Waals surface area contributed by atoms with Gasteiger partial charge in [0, 0.05) is 31.7 Å². The van der Waals surface area contributed by atoms with Crippen molar-refractivity contribution in [2.75, 3.05) is 13.1 Å². The molecule has 1 atom stereocenters. The van der Waals surface area contributed by atoms with E-state index in [2.05, 4.69) is 72.2 Å². The predicted molar refractivity (Wildman–Crippen MR) is 112 cm³/mol. The minimum atomic E-state index is -0.122. The van der Waals surface area contributed by atoms with Crippen molar-refractivity contribution in [3.05, 3.63) is 106 Å². The van der Waals surface area contributed by atoms with Gasteiger partial charge < -0.3 is 0 Å². The Labute approximate surface area is 167 Å². The lowest BCUT2D eigenvalue weighted by Crippen LogP contribution is -2.31. The zero-order valence-electron chi connectivity index (χ0n) is 16.6. The standard InChI is InChI=1S/C25H27FN2/c1-19-9-3-5-11-21(19)17-27-15-16-28(18-22-12-6-8-14-24(22)26)25(27)23-13-7-4-10-20(23)2/h3-14,25H,15-18H2,1-2H3. The summed E-state index contributed by atoms with van der Waals surface area (Å²) in [5.41, 5.74) is 6.03. The monoisotopic (exact) mass is 374 g/mol. The third-order valence-electron chi connectivity index (χ3n) is 5.80. The van der Waals surface area contributed by atoms with E-state index in [9.17, 15) is 4.39 Å². The molecule has 1 saturated heterocycles. The summed E-state index contributed by atoms with van der Waals surface area (Å²) in [6.45, 7) is 7.77. The summed E-state index contributed by atoms with van der Waals surface area (Å²) in [5.74, 6) is -0.122. The lowest BCUT2D eigenvalue weighted by molar-refractivity contribution is 0.124. The van der Waals surface area contributed by atoms with Gasteiger partial charge in [0.2, 0.25) is 0 Å². The molecule has 0 spiro atoms. The lowest BCUT2D eigenvalue weighted by Gasteiger charge is -2.32. The third-order valence-corrected chi connectivity index (χ3v) is 5.80. The van der Waals surface area contributed by atoms with Crippen molar-refractivity contribution in [3.8, 4) is 0 Å². The highest BCUT2D eigenvalue weighted by atomic mass is 19.1. The first-order valence-electron chi connectivity index (χ1n) is 9.95. The van der Waals surface area contributed by atoms with E-state index in [-0.39, 0.29) is 12.0 Å². The largest absolute Gasteiger partial charge is 0.278 e. The second-order valence-electron chi connectivity index (χ2n) is 7.69. The number of halogens is 1. The van der Waals surface area contributed by atoms with Gasteiger partial charge in [-0.25, -0.2) is 4.39 Å². The van der Waals surface area contributed by atoms with Crippen LogP contribution in [0.4, 0.5) is 4.39 Å². The van der Waals surface area contributed by atoms with Gasteiger partial charge in [0.05, 0.1) is 6.17 Å². The van der Waals surface area contributed by atoms with Crippen LogP contribution in [0.3, 0.4) is 0 Å². The topological polar surface area (TPSA) is 6.48 Å². The van der Waals surface area contributed by atoms with Crippen molar-refractivity contribution < 1.29 is 4.39 Å². The molecule has 0 amide bonds. The van der Waals surface area contributed by atoms with E-state index in [1.165, 1.54) is 22.3 Å². The van der Waals surface area contributed by atoms with Crippen LogP contribution in [0.1, 0.15) is 34.0 Å². The molecule has 1 heterocycles. The van der Waals surface area contributed by atoms with E-state index in [1.54, 1.807) is 12.1 Å². The summed E-state index contributed by atoms with van der Waals surface area (Å²) in [6.07, 6.45) is 0.153. The Kier molecular flexibility index (Phi) is 5.56. The van der Waals surface area contributed by atoms with Crippen LogP contribution in [-0.4, -0.2) is 22.9 Å². The molecule has 28 heavy (non-hydrogen) atoms. The SMILES string of the molecule is Cc1ccccc1CN1CCN(Cc2ccccc2F)C1c1ccccc1C. The van der Waals surface area contributed by atoms with Crippen molar-refractivity contribution in [1.29, 1.82) is 0 Å². The minimum absolute atomic E-state index is 0.122. The molecule has 0 radical (unpaired) electrons. The zero-order chi connectivity index (χ0) is 19.5. The fraction of sp³-hybridized carbons (Fsp3) is 0.280. The molecule has 144 valence electrons. The number of rotatable bonds is 5. The molecule has 4 rings (SSSR count). The second-order valence-corrected chi connectivity index (χ2v) is 7.69. The number of hydrogen-bond donors (Lipinski definition) is 0. The summed E-state index contributed by atoms with van der Waals surface area (Å²) in [4.78, 5) is 4.92. The smallest absolute Gasteiger partial charge is 0.127 e. The van der Waals surface area contributed by atoms with Crippen molar-refractivity contribution in [1.82, 2.24) is 9.80 Å². The predicted octanol–water partition coefficient (Wildman–Crippen LogP) is 5.46. The van der Waals surface area contributed by atoms with Gasteiger partial charge in [0.1, 0.15) is 5.82 Å². The van der Waals surface area contributed by atoms with Crippen molar-refractivity contribution in [3.63, 3.8) is 0 Å². The Balaban J connectivity index is 1.66. The molecule has 3 heteroatoms. The average molecular weight is 375 g/mol. The van der Waals surface area contributed by atoms with Crippen LogP contribution >= 0.6 is 0 Å².